The number of hydrogen-bond donors (Lipinski definition) is 1. The van der Waals surface area contributed by atoms with E-state index in [1.807, 2.05) is 6.92 Å². The topological polar surface area (TPSA) is 27.7 Å². The van der Waals surface area contributed by atoms with E-state index in [0.717, 1.165) is 25.0 Å². The molecule has 0 aromatic heterocycles. The van der Waals surface area contributed by atoms with E-state index in [9.17, 15) is 0 Å². The Bertz CT molecular complexity index is 427. The van der Waals surface area contributed by atoms with Crippen molar-refractivity contribution in [1.29, 1.82) is 0 Å². The molecule has 31 heavy (non-hydrogen) atoms. The molecule has 0 N–H and O–H groups in total. The van der Waals surface area contributed by atoms with Crippen molar-refractivity contribution in [3.63, 3.8) is 0 Å². The second-order valence-electron chi connectivity index (χ2n) is 10.1. The van der Waals surface area contributed by atoms with E-state index in [1.165, 1.54) is 50.5 Å². The predicted octanol–water partition coefficient (Wildman–Crippen LogP) is 7.60. The van der Waals surface area contributed by atoms with Crippen molar-refractivity contribution in [2.24, 2.45) is 23.7 Å². The summed E-state index contributed by atoms with van der Waals surface area (Å²) in [6.45, 7) is 19.9. The Morgan fingerprint density at radius 1 is 0.710 bits per heavy atom. The van der Waals surface area contributed by atoms with Crippen molar-refractivity contribution in [2.75, 3.05) is 39.6 Å². The molecule has 0 radical (unpaired) electrons. The molecule has 5 atom stereocenters. The number of ether oxygens (including phenoxy) is 3. The summed E-state index contributed by atoms with van der Waals surface area (Å²) in [6, 6.07) is 0. The summed E-state index contributed by atoms with van der Waals surface area (Å²) in [6.07, 6.45) is 11.5. The van der Waals surface area contributed by atoms with Crippen molar-refractivity contribution >= 4 is 12.6 Å². The maximum absolute atomic E-state index is 5.89. The van der Waals surface area contributed by atoms with Crippen LogP contribution in [0.5, 0.6) is 0 Å². The molecule has 0 aromatic rings. The summed E-state index contributed by atoms with van der Waals surface area (Å²) in [5, 5.41) is 0.135. The van der Waals surface area contributed by atoms with Crippen molar-refractivity contribution in [3.8, 4) is 0 Å². The zero-order valence-electron chi connectivity index (χ0n) is 21.8. The van der Waals surface area contributed by atoms with Crippen LogP contribution in [0, 0.1) is 23.7 Å². The van der Waals surface area contributed by atoms with E-state index in [1.54, 1.807) is 0 Å². The van der Waals surface area contributed by atoms with E-state index in [-0.39, 0.29) is 5.25 Å². The van der Waals surface area contributed by atoms with E-state index in [2.05, 4.69) is 60.2 Å². The van der Waals surface area contributed by atoms with Crippen LogP contribution in [-0.4, -0.2) is 44.9 Å². The highest BCUT2D eigenvalue weighted by Crippen LogP contribution is 2.20. The van der Waals surface area contributed by atoms with Crippen molar-refractivity contribution in [1.82, 2.24) is 0 Å². The van der Waals surface area contributed by atoms with Crippen LogP contribution in [-0.2, 0) is 14.2 Å². The third kappa shape index (κ3) is 20.3. The average Bonchev–Trinajstić information content (AvgIpc) is 2.73. The molecule has 0 bridgehead atoms. The number of allylic oxidation sites excluding steroid dienone is 1. The highest BCUT2D eigenvalue weighted by molar-refractivity contribution is 7.81. The maximum Gasteiger partial charge on any atom is 0.0674 e. The van der Waals surface area contributed by atoms with Crippen LogP contribution in [0.4, 0.5) is 0 Å². The zero-order valence-corrected chi connectivity index (χ0v) is 22.7. The third-order valence-electron chi connectivity index (χ3n) is 6.13. The lowest BCUT2D eigenvalue weighted by Crippen LogP contribution is -2.21. The molecule has 0 aliphatic carbocycles. The fourth-order valence-corrected chi connectivity index (χ4v) is 3.68. The third-order valence-corrected chi connectivity index (χ3v) is 6.43. The first-order valence-electron chi connectivity index (χ1n) is 12.8. The highest BCUT2D eigenvalue weighted by atomic mass is 32.1. The average molecular weight is 459 g/mol. The van der Waals surface area contributed by atoms with Crippen LogP contribution >= 0.6 is 12.6 Å². The Morgan fingerprint density at radius 2 is 1.19 bits per heavy atom. The minimum absolute atomic E-state index is 0.135. The number of thiol groups is 1. The predicted molar refractivity (Wildman–Crippen MR) is 139 cm³/mol. The molecule has 0 aliphatic rings. The first-order chi connectivity index (χ1) is 14.8. The Morgan fingerprint density at radius 3 is 1.74 bits per heavy atom. The van der Waals surface area contributed by atoms with Gasteiger partial charge in [-0.15, -0.1) is 0 Å². The second-order valence-corrected chi connectivity index (χ2v) is 10.8. The monoisotopic (exact) mass is 458 g/mol. The molecule has 4 heteroatoms. The van der Waals surface area contributed by atoms with Gasteiger partial charge in [0.1, 0.15) is 0 Å². The van der Waals surface area contributed by atoms with E-state index >= 15 is 0 Å². The molecule has 0 aliphatic heterocycles. The van der Waals surface area contributed by atoms with Gasteiger partial charge >= 0.3 is 0 Å². The smallest absolute Gasteiger partial charge is 0.0674 e. The summed E-state index contributed by atoms with van der Waals surface area (Å²) < 4.78 is 17.4. The SMILES string of the molecule is C/C=C(\C)COCC(C)COCC(S)COCC(C)CCCC(C)CCCC(C)CC. The van der Waals surface area contributed by atoms with Crippen LogP contribution < -0.4 is 0 Å². The largest absolute Gasteiger partial charge is 0.380 e. The summed E-state index contributed by atoms with van der Waals surface area (Å²) in [5.74, 6) is 2.76. The molecule has 186 valence electrons. The molecular weight excluding hydrogens is 404 g/mol. The minimum atomic E-state index is 0.135. The molecule has 0 amide bonds. The summed E-state index contributed by atoms with van der Waals surface area (Å²) in [7, 11) is 0. The van der Waals surface area contributed by atoms with E-state index in [4.69, 9.17) is 14.2 Å². The van der Waals surface area contributed by atoms with Crippen molar-refractivity contribution in [2.45, 2.75) is 98.7 Å². The summed E-state index contributed by atoms with van der Waals surface area (Å²) in [5.41, 5.74) is 1.27. The Kier molecular flexibility index (Phi) is 20.5. The fraction of sp³-hybridized carbons (Fsp3) is 0.926. The Balaban J connectivity index is 3.62. The quantitative estimate of drug-likeness (QED) is 0.142. The lowest BCUT2D eigenvalue weighted by molar-refractivity contribution is 0.0388. The van der Waals surface area contributed by atoms with E-state index < -0.39 is 0 Å². The maximum atomic E-state index is 5.89. The molecule has 0 fully saturated rings. The van der Waals surface area contributed by atoms with Gasteiger partial charge in [0.25, 0.3) is 0 Å². The van der Waals surface area contributed by atoms with E-state index in [0.29, 0.717) is 38.3 Å². The lowest BCUT2D eigenvalue weighted by atomic mass is 9.93. The van der Waals surface area contributed by atoms with Gasteiger partial charge < -0.3 is 14.2 Å². The molecule has 3 nitrogen and oxygen atoms in total. The van der Waals surface area contributed by atoms with Gasteiger partial charge in [-0.05, 0) is 38.0 Å². The van der Waals surface area contributed by atoms with Crippen LogP contribution in [0.2, 0.25) is 0 Å². The fourth-order valence-electron chi connectivity index (χ4n) is 3.47. The van der Waals surface area contributed by atoms with Crippen LogP contribution in [0.1, 0.15) is 93.4 Å². The van der Waals surface area contributed by atoms with Gasteiger partial charge in [-0.3, -0.25) is 0 Å². The first-order valence-corrected chi connectivity index (χ1v) is 13.3. The van der Waals surface area contributed by atoms with Crippen LogP contribution in [0.3, 0.4) is 0 Å². The van der Waals surface area contributed by atoms with Crippen molar-refractivity contribution in [3.05, 3.63) is 11.6 Å². The molecule has 0 heterocycles. The van der Waals surface area contributed by atoms with Gasteiger partial charge in [0.05, 0.1) is 33.0 Å². The van der Waals surface area contributed by atoms with Gasteiger partial charge in [0.2, 0.25) is 0 Å². The molecular formula is C27H54O3S. The summed E-state index contributed by atoms with van der Waals surface area (Å²) >= 11 is 4.61. The Hall–Kier alpha value is -0.0300. The first kappa shape index (κ1) is 31.0. The highest BCUT2D eigenvalue weighted by Gasteiger charge is 2.10. The van der Waals surface area contributed by atoms with Gasteiger partial charge in [-0.25, -0.2) is 0 Å². The number of rotatable bonds is 21. The Labute approximate surface area is 200 Å². The molecule has 0 rings (SSSR count). The molecule has 0 saturated carbocycles. The number of hydrogen-bond acceptors (Lipinski definition) is 4. The zero-order chi connectivity index (χ0) is 23.5. The van der Waals surface area contributed by atoms with Gasteiger partial charge in [-0.2, -0.15) is 12.6 Å². The van der Waals surface area contributed by atoms with Crippen molar-refractivity contribution < 1.29 is 14.2 Å². The van der Waals surface area contributed by atoms with Crippen LogP contribution in [0.25, 0.3) is 0 Å². The minimum Gasteiger partial charge on any atom is -0.380 e. The molecule has 0 saturated heterocycles. The summed E-state index contributed by atoms with van der Waals surface area (Å²) in [4.78, 5) is 0. The standard InChI is InChI=1S/C27H54O3S/c1-8-22(3)12-10-13-24(5)14-11-15-25(6)17-29-20-27(31)21-30-19-26(7)18-28-16-23(4)9-2/h9,22,24-27,31H,8,10-21H2,1-7H3/b23-9+. The normalized spacial score (nSPS) is 17.4. The molecule has 0 aromatic carbocycles. The van der Waals surface area contributed by atoms with Crippen LogP contribution in [0.15, 0.2) is 11.6 Å². The second kappa shape index (κ2) is 20.6. The van der Waals surface area contributed by atoms with Gasteiger partial charge in [-0.1, -0.05) is 84.8 Å². The van der Waals surface area contributed by atoms with Gasteiger partial charge in [0.15, 0.2) is 0 Å². The molecule has 5 unspecified atom stereocenters. The van der Waals surface area contributed by atoms with Gasteiger partial charge in [0, 0.05) is 17.8 Å². The molecule has 0 spiro atoms. The lowest BCUT2D eigenvalue weighted by Gasteiger charge is -2.18.